The van der Waals surface area contributed by atoms with Crippen LogP contribution in [0.1, 0.15) is 17.0 Å². The van der Waals surface area contributed by atoms with Crippen molar-refractivity contribution in [3.8, 4) is 17.1 Å². The van der Waals surface area contributed by atoms with Gasteiger partial charge in [0.1, 0.15) is 5.75 Å². The molecule has 0 aliphatic carbocycles. The largest absolute Gasteiger partial charge is 0.507 e. The molecule has 0 bridgehead atoms. The van der Waals surface area contributed by atoms with E-state index >= 15 is 0 Å². The van der Waals surface area contributed by atoms with Crippen LogP contribution in [0.4, 0.5) is 0 Å². The van der Waals surface area contributed by atoms with Crippen molar-refractivity contribution in [3.63, 3.8) is 0 Å². The van der Waals surface area contributed by atoms with E-state index in [1.54, 1.807) is 6.92 Å². The summed E-state index contributed by atoms with van der Waals surface area (Å²) in [6.45, 7) is 5.40. The van der Waals surface area contributed by atoms with E-state index < -0.39 is 0 Å². The van der Waals surface area contributed by atoms with Gasteiger partial charge >= 0.3 is 0 Å². The lowest BCUT2D eigenvalue weighted by atomic mass is 10.1. The summed E-state index contributed by atoms with van der Waals surface area (Å²) in [5.41, 5.74) is 2.39. The van der Waals surface area contributed by atoms with Crippen LogP contribution >= 0.6 is 0 Å². The third kappa shape index (κ3) is 1.84. The molecule has 1 aromatic heterocycles. The van der Waals surface area contributed by atoms with Crippen molar-refractivity contribution < 1.29 is 5.11 Å². The van der Waals surface area contributed by atoms with Crippen molar-refractivity contribution in [2.24, 2.45) is 0 Å². The maximum Gasteiger partial charge on any atom is 0.203 e. The first-order valence-corrected chi connectivity index (χ1v) is 4.92. The molecule has 82 valence electrons. The van der Waals surface area contributed by atoms with Gasteiger partial charge in [0.15, 0.2) is 5.82 Å². The fourth-order valence-corrected chi connectivity index (χ4v) is 1.48. The highest BCUT2D eigenvalue weighted by Gasteiger charge is 2.08. The highest BCUT2D eigenvalue weighted by Crippen LogP contribution is 2.26. The van der Waals surface area contributed by atoms with Crippen molar-refractivity contribution in [3.05, 3.63) is 29.1 Å². The lowest BCUT2D eigenvalue weighted by Crippen LogP contribution is -1.99. The van der Waals surface area contributed by atoms with Gasteiger partial charge in [-0.1, -0.05) is 0 Å². The smallest absolute Gasteiger partial charge is 0.203 e. The Balaban J connectivity index is 2.52. The number of aryl methyl sites for hydroxylation is 3. The summed E-state index contributed by atoms with van der Waals surface area (Å²) in [6, 6.07) is 3.63. The van der Waals surface area contributed by atoms with Crippen LogP contribution in [-0.4, -0.2) is 25.5 Å². The number of phenols is 1. The first kappa shape index (κ1) is 10.5. The van der Waals surface area contributed by atoms with E-state index in [9.17, 15) is 5.11 Å². The molecule has 0 aliphatic rings. The van der Waals surface area contributed by atoms with Crippen LogP contribution in [0.25, 0.3) is 11.4 Å². The van der Waals surface area contributed by atoms with Crippen LogP contribution in [0.3, 0.4) is 0 Å². The van der Waals surface area contributed by atoms with Gasteiger partial charge in [0.25, 0.3) is 0 Å². The Labute approximate surface area is 93.2 Å². The Morgan fingerprint density at radius 3 is 1.88 bits per heavy atom. The number of rotatable bonds is 1. The standard InChI is InChI=1S/C11H12N4O/c1-6-4-9(5-7(2)10(6)16)11-14-12-8(3)13-15-11/h4-5,16H,1-3H3. The Hall–Kier alpha value is -2.04. The average molecular weight is 216 g/mol. The summed E-state index contributed by atoms with van der Waals surface area (Å²) in [4.78, 5) is 0. The van der Waals surface area contributed by atoms with Crippen LogP contribution < -0.4 is 0 Å². The maximum absolute atomic E-state index is 9.65. The summed E-state index contributed by atoms with van der Waals surface area (Å²) < 4.78 is 0. The molecule has 0 fully saturated rings. The highest BCUT2D eigenvalue weighted by molar-refractivity contribution is 5.60. The van der Waals surface area contributed by atoms with Crippen molar-refractivity contribution in [1.82, 2.24) is 20.4 Å². The molecule has 0 radical (unpaired) electrons. The van der Waals surface area contributed by atoms with E-state index in [1.165, 1.54) is 0 Å². The van der Waals surface area contributed by atoms with E-state index in [2.05, 4.69) is 20.4 Å². The zero-order valence-corrected chi connectivity index (χ0v) is 9.39. The number of aromatic hydroxyl groups is 1. The van der Waals surface area contributed by atoms with Crippen LogP contribution in [0.5, 0.6) is 5.75 Å². The van der Waals surface area contributed by atoms with E-state index in [0.717, 1.165) is 16.7 Å². The zero-order chi connectivity index (χ0) is 11.7. The van der Waals surface area contributed by atoms with Gasteiger partial charge in [0, 0.05) is 5.56 Å². The minimum Gasteiger partial charge on any atom is -0.507 e. The van der Waals surface area contributed by atoms with E-state index in [1.807, 2.05) is 26.0 Å². The lowest BCUT2D eigenvalue weighted by molar-refractivity contribution is 0.467. The lowest BCUT2D eigenvalue weighted by Gasteiger charge is -2.05. The van der Waals surface area contributed by atoms with Crippen molar-refractivity contribution in [1.29, 1.82) is 0 Å². The normalized spacial score (nSPS) is 10.4. The third-order valence-corrected chi connectivity index (χ3v) is 2.33. The number of aromatic nitrogens is 4. The summed E-state index contributed by atoms with van der Waals surface area (Å²) in [7, 11) is 0. The summed E-state index contributed by atoms with van der Waals surface area (Å²) in [5, 5.41) is 25.3. The van der Waals surface area contributed by atoms with E-state index in [4.69, 9.17) is 0 Å². The van der Waals surface area contributed by atoms with Gasteiger partial charge in [-0.25, -0.2) is 0 Å². The molecule has 16 heavy (non-hydrogen) atoms. The SMILES string of the molecule is Cc1nnc(-c2cc(C)c(O)c(C)c2)nn1. The van der Waals surface area contributed by atoms with Crippen LogP contribution in [0.2, 0.25) is 0 Å². The molecule has 0 saturated heterocycles. The van der Waals surface area contributed by atoms with Gasteiger partial charge < -0.3 is 5.11 Å². The molecular formula is C11H12N4O. The molecule has 5 heteroatoms. The number of hydrogen-bond acceptors (Lipinski definition) is 5. The number of hydrogen-bond donors (Lipinski definition) is 1. The number of benzene rings is 1. The molecule has 0 unspecified atom stereocenters. The molecule has 0 atom stereocenters. The van der Waals surface area contributed by atoms with Crippen LogP contribution in [0, 0.1) is 20.8 Å². The van der Waals surface area contributed by atoms with E-state index in [0.29, 0.717) is 17.4 Å². The van der Waals surface area contributed by atoms with Gasteiger partial charge in [-0.2, -0.15) is 0 Å². The van der Waals surface area contributed by atoms with Crippen molar-refractivity contribution >= 4 is 0 Å². The first-order chi connectivity index (χ1) is 7.58. The average Bonchev–Trinajstić information content (AvgIpc) is 2.26. The molecular weight excluding hydrogens is 204 g/mol. The monoisotopic (exact) mass is 216 g/mol. The maximum atomic E-state index is 9.65. The fraction of sp³-hybridized carbons (Fsp3) is 0.273. The molecule has 0 amide bonds. The molecule has 0 aliphatic heterocycles. The highest BCUT2D eigenvalue weighted by atomic mass is 16.3. The Kier molecular flexibility index (Phi) is 2.52. The fourth-order valence-electron chi connectivity index (χ4n) is 1.48. The number of phenolic OH excluding ortho intramolecular Hbond substituents is 1. The molecule has 1 N–H and O–H groups in total. The van der Waals surface area contributed by atoms with Crippen LogP contribution in [0.15, 0.2) is 12.1 Å². The quantitative estimate of drug-likeness (QED) is 0.783. The predicted molar refractivity (Wildman–Crippen MR) is 58.9 cm³/mol. The predicted octanol–water partition coefficient (Wildman–Crippen LogP) is 1.56. The van der Waals surface area contributed by atoms with Gasteiger partial charge in [-0.05, 0) is 44.0 Å². The van der Waals surface area contributed by atoms with Gasteiger partial charge in [0.05, 0.1) is 0 Å². The first-order valence-electron chi connectivity index (χ1n) is 4.92. The van der Waals surface area contributed by atoms with Gasteiger partial charge in [-0.15, -0.1) is 20.4 Å². The Bertz CT molecular complexity index is 499. The molecule has 0 spiro atoms. The summed E-state index contributed by atoms with van der Waals surface area (Å²) in [5.74, 6) is 1.31. The second-order valence-corrected chi connectivity index (χ2v) is 3.73. The second kappa shape index (κ2) is 3.84. The molecule has 0 saturated carbocycles. The Morgan fingerprint density at radius 1 is 0.875 bits per heavy atom. The van der Waals surface area contributed by atoms with Gasteiger partial charge in [0.2, 0.25) is 5.82 Å². The molecule has 2 rings (SSSR count). The van der Waals surface area contributed by atoms with Crippen LogP contribution in [-0.2, 0) is 0 Å². The minimum absolute atomic E-state index is 0.303. The van der Waals surface area contributed by atoms with Crippen molar-refractivity contribution in [2.45, 2.75) is 20.8 Å². The summed E-state index contributed by atoms with van der Waals surface area (Å²) >= 11 is 0. The zero-order valence-electron chi connectivity index (χ0n) is 9.39. The molecule has 2 aromatic rings. The Morgan fingerprint density at radius 2 is 1.38 bits per heavy atom. The van der Waals surface area contributed by atoms with E-state index in [-0.39, 0.29) is 0 Å². The third-order valence-electron chi connectivity index (χ3n) is 2.33. The second-order valence-electron chi connectivity index (χ2n) is 3.73. The summed E-state index contributed by atoms with van der Waals surface area (Å²) in [6.07, 6.45) is 0. The number of nitrogens with zero attached hydrogens (tertiary/aromatic N) is 4. The topological polar surface area (TPSA) is 71.8 Å². The molecule has 1 heterocycles. The molecule has 5 nitrogen and oxygen atoms in total. The van der Waals surface area contributed by atoms with Crippen molar-refractivity contribution in [2.75, 3.05) is 0 Å². The van der Waals surface area contributed by atoms with Gasteiger partial charge in [-0.3, -0.25) is 0 Å². The molecule has 1 aromatic carbocycles. The minimum atomic E-state index is 0.303.